The van der Waals surface area contributed by atoms with Gasteiger partial charge >= 0.3 is 7.82 Å². The van der Waals surface area contributed by atoms with Crippen molar-refractivity contribution in [2.45, 2.75) is 50.4 Å². The SMILES string of the molecule is C[C@H](O)c1nccn1[C@@H](/C=C/c1ccc(-c2ccc(C3CC(C)(OP(=O)(O)O)C3)cc2)cc1)CO. The molecule has 2 atom stereocenters. The predicted octanol–water partition coefficient (Wildman–Crippen LogP) is 4.60. The zero-order valence-corrected chi connectivity index (χ0v) is 20.6. The number of imidazole rings is 1. The van der Waals surface area contributed by atoms with Gasteiger partial charge in [-0.05, 0) is 54.9 Å². The number of hydrogen-bond donors (Lipinski definition) is 4. The van der Waals surface area contributed by atoms with E-state index in [1.54, 1.807) is 30.8 Å². The highest BCUT2D eigenvalue weighted by Gasteiger charge is 2.45. The third-order valence-electron chi connectivity index (χ3n) is 6.45. The predicted molar refractivity (Wildman–Crippen MR) is 133 cm³/mol. The number of phosphoric acid groups is 1. The number of hydrogen-bond acceptors (Lipinski definition) is 5. The Morgan fingerprint density at radius 1 is 1.14 bits per heavy atom. The van der Waals surface area contributed by atoms with E-state index in [9.17, 15) is 14.8 Å². The van der Waals surface area contributed by atoms with E-state index in [0.29, 0.717) is 18.7 Å². The minimum atomic E-state index is -4.49. The Balaban J connectivity index is 1.39. The minimum absolute atomic E-state index is 0.109. The lowest BCUT2D eigenvalue weighted by molar-refractivity contribution is -0.0285. The summed E-state index contributed by atoms with van der Waals surface area (Å²) in [5.74, 6) is 0.728. The van der Waals surface area contributed by atoms with Crippen LogP contribution in [0.5, 0.6) is 0 Å². The fourth-order valence-electron chi connectivity index (χ4n) is 4.71. The molecule has 1 aliphatic rings. The lowest BCUT2D eigenvalue weighted by Crippen LogP contribution is -2.41. The van der Waals surface area contributed by atoms with Crippen LogP contribution in [0.2, 0.25) is 0 Å². The summed E-state index contributed by atoms with van der Waals surface area (Å²) < 4.78 is 17.8. The summed E-state index contributed by atoms with van der Waals surface area (Å²) in [6.45, 7) is 3.27. The Hall–Kier alpha value is -2.58. The van der Waals surface area contributed by atoms with Gasteiger partial charge in [0, 0.05) is 12.4 Å². The van der Waals surface area contributed by atoms with Crippen molar-refractivity contribution in [3.8, 4) is 11.1 Å². The molecule has 9 heteroatoms. The highest BCUT2D eigenvalue weighted by atomic mass is 31.2. The Kier molecular flexibility index (Phi) is 7.43. The summed E-state index contributed by atoms with van der Waals surface area (Å²) in [6, 6.07) is 16.0. The Morgan fingerprint density at radius 3 is 2.29 bits per heavy atom. The second-order valence-electron chi connectivity index (χ2n) is 9.36. The first-order valence-corrected chi connectivity index (χ1v) is 13.1. The Morgan fingerprint density at radius 2 is 1.74 bits per heavy atom. The van der Waals surface area contributed by atoms with Crippen molar-refractivity contribution in [2.24, 2.45) is 0 Å². The summed E-state index contributed by atoms with van der Waals surface area (Å²) in [5, 5.41) is 19.7. The molecule has 1 heterocycles. The van der Waals surface area contributed by atoms with Gasteiger partial charge < -0.3 is 24.6 Å². The van der Waals surface area contributed by atoms with Gasteiger partial charge in [0.15, 0.2) is 0 Å². The molecule has 4 rings (SSSR count). The molecule has 8 nitrogen and oxygen atoms in total. The molecule has 1 saturated carbocycles. The van der Waals surface area contributed by atoms with Gasteiger partial charge in [-0.25, -0.2) is 9.55 Å². The molecule has 35 heavy (non-hydrogen) atoms. The van der Waals surface area contributed by atoms with Crippen molar-refractivity contribution < 1.29 is 29.1 Å². The Labute approximate surface area is 204 Å². The van der Waals surface area contributed by atoms with E-state index < -0.39 is 19.5 Å². The molecule has 0 spiro atoms. The molecule has 3 aromatic rings. The molecule has 2 aromatic carbocycles. The van der Waals surface area contributed by atoms with Crippen molar-refractivity contribution in [1.29, 1.82) is 0 Å². The number of benzene rings is 2. The molecule has 0 radical (unpaired) electrons. The summed E-state index contributed by atoms with van der Waals surface area (Å²) in [4.78, 5) is 22.3. The average Bonchev–Trinajstić information content (AvgIpc) is 3.27. The number of rotatable bonds is 9. The monoisotopic (exact) mass is 498 g/mol. The van der Waals surface area contributed by atoms with E-state index in [1.807, 2.05) is 36.4 Å². The van der Waals surface area contributed by atoms with Crippen LogP contribution in [0, 0.1) is 0 Å². The average molecular weight is 499 g/mol. The van der Waals surface area contributed by atoms with Gasteiger partial charge in [0.1, 0.15) is 11.9 Å². The summed E-state index contributed by atoms with van der Waals surface area (Å²) in [7, 11) is -4.49. The van der Waals surface area contributed by atoms with Crippen LogP contribution in [0.1, 0.15) is 61.7 Å². The van der Waals surface area contributed by atoms with Crippen LogP contribution < -0.4 is 0 Å². The second kappa shape index (κ2) is 10.2. The molecular formula is C26H31N2O6P. The highest BCUT2D eigenvalue weighted by Crippen LogP contribution is 2.54. The molecule has 1 aromatic heterocycles. The van der Waals surface area contributed by atoms with Gasteiger partial charge in [0.05, 0.1) is 18.2 Å². The van der Waals surface area contributed by atoms with Gasteiger partial charge in [-0.3, -0.25) is 4.52 Å². The van der Waals surface area contributed by atoms with Crippen molar-refractivity contribution >= 4 is 13.9 Å². The van der Waals surface area contributed by atoms with Crippen molar-refractivity contribution in [3.63, 3.8) is 0 Å². The maximum Gasteiger partial charge on any atom is 0.470 e. The zero-order valence-electron chi connectivity index (χ0n) is 19.7. The van der Waals surface area contributed by atoms with Gasteiger partial charge in [0.2, 0.25) is 0 Å². The number of aliphatic hydroxyl groups is 2. The third-order valence-corrected chi connectivity index (χ3v) is 7.13. The highest BCUT2D eigenvalue weighted by molar-refractivity contribution is 7.46. The second-order valence-corrected chi connectivity index (χ2v) is 10.5. The molecule has 0 unspecified atom stereocenters. The lowest BCUT2D eigenvalue weighted by atomic mass is 9.69. The molecular weight excluding hydrogens is 467 g/mol. The van der Waals surface area contributed by atoms with E-state index in [-0.39, 0.29) is 18.6 Å². The number of nitrogens with zero attached hydrogens (tertiary/aromatic N) is 2. The number of aliphatic hydroxyl groups excluding tert-OH is 2. The zero-order chi connectivity index (χ0) is 25.2. The molecule has 1 fully saturated rings. The largest absolute Gasteiger partial charge is 0.470 e. The normalized spacial score (nSPS) is 22.2. The third kappa shape index (κ3) is 6.16. The fourth-order valence-corrected chi connectivity index (χ4v) is 5.43. The maximum atomic E-state index is 11.1. The molecule has 0 bridgehead atoms. The van der Waals surface area contributed by atoms with E-state index >= 15 is 0 Å². The topological polar surface area (TPSA) is 125 Å². The maximum absolute atomic E-state index is 11.1. The molecule has 0 saturated heterocycles. The molecule has 0 aliphatic heterocycles. The quantitative estimate of drug-likeness (QED) is 0.318. The summed E-state index contributed by atoms with van der Waals surface area (Å²) in [5.41, 5.74) is 3.48. The van der Waals surface area contributed by atoms with Crippen LogP contribution in [-0.2, 0) is 9.09 Å². The first-order chi connectivity index (χ1) is 16.6. The van der Waals surface area contributed by atoms with E-state index in [4.69, 9.17) is 14.3 Å². The van der Waals surface area contributed by atoms with Gasteiger partial charge in [-0.1, -0.05) is 60.7 Å². The van der Waals surface area contributed by atoms with Crippen LogP contribution in [0.25, 0.3) is 17.2 Å². The molecule has 1 aliphatic carbocycles. The van der Waals surface area contributed by atoms with Crippen LogP contribution >= 0.6 is 7.82 Å². The van der Waals surface area contributed by atoms with Crippen molar-refractivity contribution in [1.82, 2.24) is 9.55 Å². The lowest BCUT2D eigenvalue weighted by Gasteiger charge is -2.44. The standard InChI is InChI=1S/C26H31N2O6P/c1-18(30)25-27-13-14-28(25)24(17-29)12-5-19-3-6-20(7-4-19)21-8-10-22(11-9-21)23-15-26(2,16-23)34-35(31,32)33/h3-14,18,23-24,29-30H,15-17H2,1-2H3,(H2,31,32,33)/b12-5+/t18-,23?,24-,26?/m0/s1. The van der Waals surface area contributed by atoms with Gasteiger partial charge in [-0.15, -0.1) is 0 Å². The first-order valence-electron chi connectivity index (χ1n) is 11.5. The van der Waals surface area contributed by atoms with E-state index in [1.165, 1.54) is 0 Å². The Bertz CT molecular complexity index is 1210. The van der Waals surface area contributed by atoms with Crippen molar-refractivity contribution in [3.05, 3.63) is 84.0 Å². The summed E-state index contributed by atoms with van der Waals surface area (Å²) >= 11 is 0. The van der Waals surface area contributed by atoms with E-state index in [2.05, 4.69) is 29.2 Å². The summed E-state index contributed by atoms with van der Waals surface area (Å²) in [6.07, 6.45) is 7.61. The van der Waals surface area contributed by atoms with Gasteiger partial charge in [-0.2, -0.15) is 0 Å². The van der Waals surface area contributed by atoms with Gasteiger partial charge in [0.25, 0.3) is 0 Å². The van der Waals surface area contributed by atoms with E-state index in [0.717, 1.165) is 22.3 Å². The van der Waals surface area contributed by atoms with Crippen LogP contribution in [0.15, 0.2) is 67.0 Å². The smallest absolute Gasteiger partial charge is 0.394 e. The first kappa shape index (κ1) is 25.5. The molecule has 4 N–H and O–H groups in total. The van der Waals surface area contributed by atoms with Crippen LogP contribution in [0.3, 0.4) is 0 Å². The minimum Gasteiger partial charge on any atom is -0.394 e. The van der Waals surface area contributed by atoms with Crippen LogP contribution in [-0.4, -0.2) is 41.8 Å². The molecule has 186 valence electrons. The number of phosphoric ester groups is 1. The number of aromatic nitrogens is 2. The molecule has 0 amide bonds. The fraction of sp³-hybridized carbons (Fsp3) is 0.346. The van der Waals surface area contributed by atoms with Crippen molar-refractivity contribution in [2.75, 3.05) is 6.61 Å². The van der Waals surface area contributed by atoms with Crippen LogP contribution in [0.4, 0.5) is 0 Å².